The maximum Gasteiger partial charge on any atom is 0.217 e. The second-order valence-corrected chi connectivity index (χ2v) is 3.71. The SMILES string of the molecule is CNCCc1nnc(CC(C)COC)o1. The fourth-order valence-electron chi connectivity index (χ4n) is 1.35. The fraction of sp³-hybridized carbons (Fsp3) is 0.800. The predicted octanol–water partition coefficient (Wildman–Crippen LogP) is 0.656. The van der Waals surface area contributed by atoms with Crippen LogP contribution in [0.5, 0.6) is 0 Å². The van der Waals surface area contributed by atoms with Crippen LogP contribution in [0.1, 0.15) is 18.7 Å². The summed E-state index contributed by atoms with van der Waals surface area (Å²) in [5.41, 5.74) is 0. The molecule has 1 heterocycles. The first-order chi connectivity index (χ1) is 7.26. The number of aromatic nitrogens is 2. The Balaban J connectivity index is 2.38. The van der Waals surface area contributed by atoms with Gasteiger partial charge in [0.05, 0.1) is 0 Å². The molecule has 0 aromatic carbocycles. The minimum Gasteiger partial charge on any atom is -0.425 e. The van der Waals surface area contributed by atoms with Crippen molar-refractivity contribution in [2.24, 2.45) is 5.92 Å². The van der Waals surface area contributed by atoms with E-state index in [0.717, 1.165) is 19.4 Å². The molecule has 1 atom stereocenters. The van der Waals surface area contributed by atoms with E-state index in [1.807, 2.05) is 7.05 Å². The van der Waals surface area contributed by atoms with Gasteiger partial charge in [0.15, 0.2) is 0 Å². The molecule has 0 bridgehead atoms. The standard InChI is InChI=1S/C10H19N3O2/c1-8(7-14-3)6-10-13-12-9(15-10)4-5-11-2/h8,11H,4-7H2,1-3H3. The Labute approximate surface area is 90.2 Å². The van der Waals surface area contributed by atoms with E-state index in [0.29, 0.717) is 24.3 Å². The lowest BCUT2D eigenvalue weighted by Crippen LogP contribution is -2.10. The number of methoxy groups -OCH3 is 1. The van der Waals surface area contributed by atoms with Crippen LogP contribution in [0.15, 0.2) is 4.42 Å². The summed E-state index contributed by atoms with van der Waals surface area (Å²) in [6.07, 6.45) is 1.56. The van der Waals surface area contributed by atoms with Crippen LogP contribution in [-0.2, 0) is 17.6 Å². The highest BCUT2D eigenvalue weighted by molar-refractivity contribution is 4.84. The smallest absolute Gasteiger partial charge is 0.217 e. The van der Waals surface area contributed by atoms with Gasteiger partial charge in [0.1, 0.15) is 0 Å². The number of hydrogen-bond donors (Lipinski definition) is 1. The topological polar surface area (TPSA) is 60.2 Å². The second kappa shape index (κ2) is 6.53. The molecule has 0 saturated heterocycles. The van der Waals surface area contributed by atoms with E-state index in [2.05, 4.69) is 22.4 Å². The normalized spacial score (nSPS) is 13.0. The van der Waals surface area contributed by atoms with Crippen molar-refractivity contribution in [3.8, 4) is 0 Å². The third kappa shape index (κ3) is 4.40. The van der Waals surface area contributed by atoms with Gasteiger partial charge < -0.3 is 14.5 Å². The van der Waals surface area contributed by atoms with Crippen molar-refractivity contribution in [1.82, 2.24) is 15.5 Å². The third-order valence-corrected chi connectivity index (χ3v) is 2.07. The Kier molecular flexibility index (Phi) is 5.28. The average Bonchev–Trinajstić information content (AvgIpc) is 2.63. The van der Waals surface area contributed by atoms with E-state index in [9.17, 15) is 0 Å². The first-order valence-corrected chi connectivity index (χ1v) is 5.21. The number of nitrogens with zero attached hydrogens (tertiary/aromatic N) is 2. The zero-order chi connectivity index (χ0) is 11.1. The Morgan fingerprint density at radius 3 is 2.80 bits per heavy atom. The molecule has 1 aromatic rings. The summed E-state index contributed by atoms with van der Waals surface area (Å²) >= 11 is 0. The summed E-state index contributed by atoms with van der Waals surface area (Å²) in [5, 5.41) is 11.0. The number of ether oxygens (including phenoxy) is 1. The van der Waals surface area contributed by atoms with Crippen LogP contribution in [0.4, 0.5) is 0 Å². The molecule has 15 heavy (non-hydrogen) atoms. The molecule has 1 rings (SSSR count). The molecular formula is C10H19N3O2. The van der Waals surface area contributed by atoms with Crippen LogP contribution in [0.2, 0.25) is 0 Å². The highest BCUT2D eigenvalue weighted by Crippen LogP contribution is 2.07. The first-order valence-electron chi connectivity index (χ1n) is 5.21. The van der Waals surface area contributed by atoms with E-state index >= 15 is 0 Å². The monoisotopic (exact) mass is 213 g/mol. The predicted molar refractivity (Wildman–Crippen MR) is 56.7 cm³/mol. The molecule has 5 heteroatoms. The van der Waals surface area contributed by atoms with Gasteiger partial charge in [0.2, 0.25) is 11.8 Å². The van der Waals surface area contributed by atoms with Gasteiger partial charge in [-0.25, -0.2) is 0 Å². The summed E-state index contributed by atoms with van der Waals surface area (Å²) < 4.78 is 10.5. The van der Waals surface area contributed by atoms with Gasteiger partial charge in [0, 0.05) is 33.1 Å². The molecule has 0 saturated carbocycles. The minimum atomic E-state index is 0.410. The van der Waals surface area contributed by atoms with Crippen molar-refractivity contribution in [3.63, 3.8) is 0 Å². The number of likely N-dealkylation sites (N-methyl/N-ethyl adjacent to an activating group) is 1. The van der Waals surface area contributed by atoms with Crippen molar-refractivity contribution < 1.29 is 9.15 Å². The van der Waals surface area contributed by atoms with Crippen LogP contribution >= 0.6 is 0 Å². The molecule has 0 amide bonds. The summed E-state index contributed by atoms with van der Waals surface area (Å²) in [6.45, 7) is 3.67. The van der Waals surface area contributed by atoms with Crippen LogP contribution < -0.4 is 5.32 Å². The molecule has 1 aromatic heterocycles. The van der Waals surface area contributed by atoms with Crippen molar-refractivity contribution in [2.75, 3.05) is 27.3 Å². The van der Waals surface area contributed by atoms with E-state index in [1.54, 1.807) is 7.11 Å². The molecule has 0 radical (unpaired) electrons. The molecular weight excluding hydrogens is 194 g/mol. The van der Waals surface area contributed by atoms with Gasteiger partial charge in [-0.3, -0.25) is 0 Å². The lowest BCUT2D eigenvalue weighted by molar-refractivity contribution is 0.156. The lowest BCUT2D eigenvalue weighted by atomic mass is 10.1. The molecule has 1 N–H and O–H groups in total. The van der Waals surface area contributed by atoms with E-state index < -0.39 is 0 Å². The lowest BCUT2D eigenvalue weighted by Gasteiger charge is -2.05. The Morgan fingerprint density at radius 2 is 2.13 bits per heavy atom. The van der Waals surface area contributed by atoms with Crippen LogP contribution in [0.3, 0.4) is 0 Å². The molecule has 5 nitrogen and oxygen atoms in total. The van der Waals surface area contributed by atoms with Gasteiger partial charge in [-0.2, -0.15) is 0 Å². The van der Waals surface area contributed by atoms with E-state index in [1.165, 1.54) is 0 Å². The molecule has 0 aliphatic heterocycles. The second-order valence-electron chi connectivity index (χ2n) is 3.71. The van der Waals surface area contributed by atoms with Gasteiger partial charge >= 0.3 is 0 Å². The largest absolute Gasteiger partial charge is 0.425 e. The summed E-state index contributed by atoms with van der Waals surface area (Å²) in [6, 6.07) is 0. The van der Waals surface area contributed by atoms with Crippen molar-refractivity contribution in [3.05, 3.63) is 11.8 Å². The van der Waals surface area contributed by atoms with Crippen LogP contribution in [0, 0.1) is 5.92 Å². The van der Waals surface area contributed by atoms with Gasteiger partial charge in [-0.1, -0.05) is 6.92 Å². The van der Waals surface area contributed by atoms with Crippen LogP contribution in [0.25, 0.3) is 0 Å². The number of rotatable bonds is 7. The molecule has 86 valence electrons. The zero-order valence-corrected chi connectivity index (χ0v) is 9.62. The maximum absolute atomic E-state index is 5.48. The molecule has 1 unspecified atom stereocenters. The Morgan fingerprint density at radius 1 is 1.40 bits per heavy atom. The van der Waals surface area contributed by atoms with Crippen molar-refractivity contribution in [2.45, 2.75) is 19.8 Å². The summed E-state index contributed by atoms with van der Waals surface area (Å²) in [4.78, 5) is 0. The molecule has 0 spiro atoms. The first kappa shape index (κ1) is 12.1. The maximum atomic E-state index is 5.48. The average molecular weight is 213 g/mol. The van der Waals surface area contributed by atoms with Gasteiger partial charge in [-0.15, -0.1) is 10.2 Å². The fourth-order valence-corrected chi connectivity index (χ4v) is 1.35. The summed E-state index contributed by atoms with van der Waals surface area (Å²) in [7, 11) is 3.60. The summed E-state index contributed by atoms with van der Waals surface area (Å²) in [5.74, 6) is 1.81. The highest BCUT2D eigenvalue weighted by atomic mass is 16.5. The minimum absolute atomic E-state index is 0.410. The van der Waals surface area contributed by atoms with Gasteiger partial charge in [-0.05, 0) is 13.0 Å². The quantitative estimate of drug-likeness (QED) is 0.721. The number of nitrogens with one attached hydrogen (secondary N) is 1. The Bertz CT molecular complexity index is 275. The number of hydrogen-bond acceptors (Lipinski definition) is 5. The highest BCUT2D eigenvalue weighted by Gasteiger charge is 2.10. The molecule has 0 fully saturated rings. The van der Waals surface area contributed by atoms with Crippen molar-refractivity contribution in [1.29, 1.82) is 0 Å². The van der Waals surface area contributed by atoms with Gasteiger partial charge in [0.25, 0.3) is 0 Å². The third-order valence-electron chi connectivity index (χ3n) is 2.07. The van der Waals surface area contributed by atoms with Crippen LogP contribution in [-0.4, -0.2) is 37.5 Å². The molecule has 0 aliphatic carbocycles. The van der Waals surface area contributed by atoms with E-state index in [-0.39, 0.29) is 0 Å². The van der Waals surface area contributed by atoms with E-state index in [4.69, 9.17) is 9.15 Å². The molecule has 0 aliphatic rings. The zero-order valence-electron chi connectivity index (χ0n) is 9.62. The Hall–Kier alpha value is -0.940. The van der Waals surface area contributed by atoms with Crippen molar-refractivity contribution >= 4 is 0 Å².